The summed E-state index contributed by atoms with van der Waals surface area (Å²) in [5.41, 5.74) is 9.25. The van der Waals surface area contributed by atoms with Gasteiger partial charge < -0.3 is 10.5 Å². The van der Waals surface area contributed by atoms with E-state index in [1.165, 1.54) is 0 Å². The van der Waals surface area contributed by atoms with Gasteiger partial charge in [-0.05, 0) is 25.1 Å². The minimum Gasteiger partial charge on any atom is -0.496 e. The normalized spacial score (nSPS) is 10.6. The van der Waals surface area contributed by atoms with E-state index in [-0.39, 0.29) is 0 Å². The molecule has 0 amide bonds. The number of nitrogens with two attached hydrogens (primary N) is 1. The van der Waals surface area contributed by atoms with E-state index in [1.54, 1.807) is 36.4 Å². The highest BCUT2D eigenvalue weighted by Gasteiger charge is 2.15. The number of anilines is 1. The summed E-state index contributed by atoms with van der Waals surface area (Å²) in [6, 6.07) is 7.63. The molecule has 1 aromatic carbocycles. The standard InChI is InChI=1S/C15H15N5O/c1-10-4-5-13(21-2)11(8-10)14-12(16)9-20(19-14)15-17-6-3-7-18-15/h3-9H,16H2,1-2H3. The van der Waals surface area contributed by atoms with E-state index in [0.29, 0.717) is 17.3 Å². The molecule has 6 nitrogen and oxygen atoms in total. The van der Waals surface area contributed by atoms with Gasteiger partial charge in [0.2, 0.25) is 0 Å². The number of methoxy groups -OCH3 is 1. The first-order valence-corrected chi connectivity index (χ1v) is 6.46. The number of aromatic nitrogens is 4. The van der Waals surface area contributed by atoms with Crippen molar-refractivity contribution in [3.63, 3.8) is 0 Å². The number of aryl methyl sites for hydroxylation is 1. The van der Waals surface area contributed by atoms with Crippen molar-refractivity contribution in [2.24, 2.45) is 0 Å². The molecule has 0 radical (unpaired) electrons. The SMILES string of the molecule is COc1ccc(C)cc1-c1nn(-c2ncccn2)cc1N. The Labute approximate surface area is 122 Å². The minimum absolute atomic E-state index is 0.474. The van der Waals surface area contributed by atoms with Gasteiger partial charge in [-0.15, -0.1) is 0 Å². The van der Waals surface area contributed by atoms with Crippen LogP contribution in [0.1, 0.15) is 5.56 Å². The lowest BCUT2D eigenvalue weighted by molar-refractivity contribution is 0.416. The molecule has 3 aromatic rings. The van der Waals surface area contributed by atoms with Gasteiger partial charge in [-0.3, -0.25) is 0 Å². The van der Waals surface area contributed by atoms with Crippen molar-refractivity contribution >= 4 is 5.69 Å². The van der Waals surface area contributed by atoms with E-state index in [9.17, 15) is 0 Å². The first kappa shape index (κ1) is 13.1. The minimum atomic E-state index is 0.474. The van der Waals surface area contributed by atoms with Gasteiger partial charge >= 0.3 is 0 Å². The molecule has 0 spiro atoms. The van der Waals surface area contributed by atoms with Crippen LogP contribution in [0.3, 0.4) is 0 Å². The monoisotopic (exact) mass is 281 g/mol. The van der Waals surface area contributed by atoms with Gasteiger partial charge in [0, 0.05) is 18.0 Å². The van der Waals surface area contributed by atoms with Gasteiger partial charge in [0.1, 0.15) is 11.4 Å². The first-order chi connectivity index (χ1) is 10.2. The highest BCUT2D eigenvalue weighted by atomic mass is 16.5. The van der Waals surface area contributed by atoms with Gasteiger partial charge in [0.15, 0.2) is 0 Å². The number of nitrogens with zero attached hydrogens (tertiary/aromatic N) is 4. The summed E-state index contributed by atoms with van der Waals surface area (Å²) < 4.78 is 6.95. The molecule has 106 valence electrons. The Hall–Kier alpha value is -2.89. The lowest BCUT2D eigenvalue weighted by Crippen LogP contribution is -2.00. The van der Waals surface area contributed by atoms with Crippen molar-refractivity contribution in [1.82, 2.24) is 19.7 Å². The topological polar surface area (TPSA) is 78.8 Å². The number of nitrogen functional groups attached to an aromatic ring is 1. The maximum atomic E-state index is 6.09. The fraction of sp³-hybridized carbons (Fsp3) is 0.133. The molecular formula is C15H15N5O. The van der Waals surface area contributed by atoms with Crippen molar-refractivity contribution in [2.75, 3.05) is 12.8 Å². The predicted octanol–water partition coefficient (Wildman–Crippen LogP) is 2.23. The van der Waals surface area contributed by atoms with Crippen LogP contribution < -0.4 is 10.5 Å². The molecule has 0 aliphatic carbocycles. The van der Waals surface area contributed by atoms with Crippen LogP contribution >= 0.6 is 0 Å². The van der Waals surface area contributed by atoms with E-state index in [4.69, 9.17) is 10.5 Å². The summed E-state index contributed by atoms with van der Waals surface area (Å²) in [7, 11) is 1.63. The van der Waals surface area contributed by atoms with E-state index in [1.807, 2.05) is 25.1 Å². The summed E-state index contributed by atoms with van der Waals surface area (Å²) >= 11 is 0. The second kappa shape index (κ2) is 5.24. The Kier molecular flexibility index (Phi) is 3.27. The smallest absolute Gasteiger partial charge is 0.250 e. The summed E-state index contributed by atoms with van der Waals surface area (Å²) in [6.45, 7) is 2.01. The third-order valence-corrected chi connectivity index (χ3v) is 3.11. The Morgan fingerprint density at radius 3 is 2.67 bits per heavy atom. The molecule has 0 aliphatic heterocycles. The number of hydrogen-bond donors (Lipinski definition) is 1. The maximum absolute atomic E-state index is 6.09. The molecule has 0 saturated carbocycles. The van der Waals surface area contributed by atoms with Crippen molar-refractivity contribution in [1.29, 1.82) is 0 Å². The average molecular weight is 281 g/mol. The number of ether oxygens (including phenoxy) is 1. The molecule has 21 heavy (non-hydrogen) atoms. The second-order valence-corrected chi connectivity index (χ2v) is 4.63. The molecule has 0 saturated heterocycles. The van der Waals surface area contributed by atoms with Crippen molar-refractivity contribution < 1.29 is 4.74 Å². The molecule has 0 fully saturated rings. The van der Waals surface area contributed by atoms with Crippen molar-refractivity contribution in [3.8, 4) is 23.0 Å². The van der Waals surface area contributed by atoms with Gasteiger partial charge in [-0.25, -0.2) is 14.6 Å². The molecular weight excluding hydrogens is 266 g/mol. The Morgan fingerprint density at radius 1 is 1.19 bits per heavy atom. The lowest BCUT2D eigenvalue weighted by atomic mass is 10.1. The molecule has 0 bridgehead atoms. The third-order valence-electron chi connectivity index (χ3n) is 3.11. The molecule has 2 aromatic heterocycles. The van der Waals surface area contributed by atoms with Gasteiger partial charge in [-0.2, -0.15) is 5.10 Å². The molecule has 2 N–H and O–H groups in total. The Balaban J connectivity index is 2.12. The van der Waals surface area contributed by atoms with E-state index < -0.39 is 0 Å². The average Bonchev–Trinajstić information content (AvgIpc) is 2.90. The summed E-state index contributed by atoms with van der Waals surface area (Å²) in [5.74, 6) is 1.20. The number of benzene rings is 1. The highest BCUT2D eigenvalue weighted by molar-refractivity contribution is 5.77. The molecule has 3 rings (SSSR count). The third kappa shape index (κ3) is 2.43. The molecule has 0 atom stereocenters. The first-order valence-electron chi connectivity index (χ1n) is 6.46. The molecule has 2 heterocycles. The van der Waals surface area contributed by atoms with E-state index in [0.717, 1.165) is 16.9 Å². The van der Waals surface area contributed by atoms with Crippen LogP contribution in [0.2, 0.25) is 0 Å². The summed E-state index contributed by atoms with van der Waals surface area (Å²) in [4.78, 5) is 8.32. The van der Waals surface area contributed by atoms with Crippen LogP contribution in [-0.2, 0) is 0 Å². The molecule has 0 unspecified atom stereocenters. The van der Waals surface area contributed by atoms with Gasteiger partial charge in [-0.1, -0.05) is 11.6 Å². The number of rotatable bonds is 3. The Bertz CT molecular complexity index is 767. The van der Waals surface area contributed by atoms with Crippen LogP contribution in [-0.4, -0.2) is 26.9 Å². The fourth-order valence-corrected chi connectivity index (χ4v) is 2.12. The van der Waals surface area contributed by atoms with Gasteiger partial charge in [0.05, 0.1) is 19.0 Å². The second-order valence-electron chi connectivity index (χ2n) is 4.63. The van der Waals surface area contributed by atoms with Crippen LogP contribution in [0, 0.1) is 6.92 Å². The predicted molar refractivity (Wildman–Crippen MR) is 80.3 cm³/mol. The van der Waals surface area contributed by atoms with Crippen LogP contribution in [0.4, 0.5) is 5.69 Å². The van der Waals surface area contributed by atoms with E-state index >= 15 is 0 Å². The molecule has 6 heteroatoms. The maximum Gasteiger partial charge on any atom is 0.250 e. The zero-order chi connectivity index (χ0) is 14.8. The van der Waals surface area contributed by atoms with Crippen molar-refractivity contribution in [2.45, 2.75) is 6.92 Å². The Morgan fingerprint density at radius 2 is 1.95 bits per heavy atom. The van der Waals surface area contributed by atoms with Crippen LogP contribution in [0.15, 0.2) is 42.9 Å². The van der Waals surface area contributed by atoms with Crippen LogP contribution in [0.5, 0.6) is 5.75 Å². The quantitative estimate of drug-likeness (QED) is 0.796. The zero-order valence-electron chi connectivity index (χ0n) is 11.8. The van der Waals surface area contributed by atoms with E-state index in [2.05, 4.69) is 15.1 Å². The largest absolute Gasteiger partial charge is 0.496 e. The summed E-state index contributed by atoms with van der Waals surface area (Å²) in [5, 5.41) is 4.49. The zero-order valence-corrected chi connectivity index (χ0v) is 11.8. The highest BCUT2D eigenvalue weighted by Crippen LogP contribution is 2.33. The molecule has 0 aliphatic rings. The lowest BCUT2D eigenvalue weighted by Gasteiger charge is -2.07. The van der Waals surface area contributed by atoms with Gasteiger partial charge in [0.25, 0.3) is 5.95 Å². The van der Waals surface area contributed by atoms with Crippen LogP contribution in [0.25, 0.3) is 17.2 Å². The van der Waals surface area contributed by atoms with Crippen molar-refractivity contribution in [3.05, 3.63) is 48.4 Å². The summed E-state index contributed by atoms with van der Waals surface area (Å²) in [6.07, 6.45) is 5.02. The fourth-order valence-electron chi connectivity index (χ4n) is 2.12. The number of hydrogen-bond acceptors (Lipinski definition) is 5.